The Bertz CT molecular complexity index is 747. The summed E-state index contributed by atoms with van der Waals surface area (Å²) in [5.41, 5.74) is 2.60. The fourth-order valence-electron chi connectivity index (χ4n) is 2.89. The first-order chi connectivity index (χ1) is 13.2. The average Bonchev–Trinajstić information content (AvgIpc) is 2.66. The fourth-order valence-corrected chi connectivity index (χ4v) is 2.89. The van der Waals surface area contributed by atoms with E-state index in [1.165, 1.54) is 11.1 Å². The van der Waals surface area contributed by atoms with E-state index in [-0.39, 0.29) is 24.0 Å². The molecule has 0 radical (unpaired) electrons. The highest BCUT2D eigenvalue weighted by atomic mass is 16.5. The third-order valence-corrected chi connectivity index (χ3v) is 4.71. The predicted octanol–water partition coefficient (Wildman–Crippen LogP) is 3.79. The van der Waals surface area contributed by atoms with Crippen LogP contribution in [0.25, 0.3) is 0 Å². The van der Waals surface area contributed by atoms with Gasteiger partial charge in [-0.1, -0.05) is 45.0 Å². The molecule has 5 nitrogen and oxygen atoms in total. The van der Waals surface area contributed by atoms with Crippen molar-refractivity contribution in [3.8, 4) is 11.5 Å². The highest BCUT2D eigenvalue weighted by Crippen LogP contribution is 2.25. The van der Waals surface area contributed by atoms with Gasteiger partial charge in [-0.25, -0.2) is 0 Å². The Balaban J connectivity index is 1.90. The van der Waals surface area contributed by atoms with Crippen LogP contribution in [0.15, 0.2) is 48.5 Å². The van der Waals surface area contributed by atoms with Gasteiger partial charge in [-0.2, -0.15) is 0 Å². The molecule has 0 unspecified atom stereocenters. The molecule has 0 aromatic heterocycles. The summed E-state index contributed by atoms with van der Waals surface area (Å²) in [6.07, 6.45) is 0. The van der Waals surface area contributed by atoms with Crippen LogP contribution in [0.1, 0.15) is 37.9 Å². The van der Waals surface area contributed by atoms with Gasteiger partial charge in [0.2, 0.25) is 0 Å². The predicted molar refractivity (Wildman–Crippen MR) is 113 cm³/mol. The van der Waals surface area contributed by atoms with Crippen LogP contribution < -0.4 is 14.8 Å². The molecular weight excluding hydrogens is 352 g/mol. The molecule has 1 atom stereocenters. The summed E-state index contributed by atoms with van der Waals surface area (Å²) < 4.78 is 10.6. The highest BCUT2D eigenvalue weighted by molar-refractivity contribution is 5.77. The quantitative estimate of drug-likeness (QED) is 0.752. The van der Waals surface area contributed by atoms with Crippen LogP contribution in [0.5, 0.6) is 11.5 Å². The topological polar surface area (TPSA) is 50.8 Å². The van der Waals surface area contributed by atoms with Crippen molar-refractivity contribution in [2.45, 2.75) is 32.2 Å². The largest absolute Gasteiger partial charge is 0.497 e. The minimum atomic E-state index is -0.144. The zero-order valence-electron chi connectivity index (χ0n) is 17.8. The van der Waals surface area contributed by atoms with Crippen LogP contribution in [0.2, 0.25) is 0 Å². The number of hydrogen-bond donors (Lipinski definition) is 1. The molecule has 0 aliphatic rings. The second kappa shape index (κ2) is 9.60. The summed E-state index contributed by atoms with van der Waals surface area (Å²) in [4.78, 5) is 14.3. The van der Waals surface area contributed by atoms with E-state index in [9.17, 15) is 4.79 Å². The Labute approximate surface area is 168 Å². The first kappa shape index (κ1) is 21.8. The van der Waals surface area contributed by atoms with E-state index in [0.717, 1.165) is 5.75 Å². The molecule has 1 amide bonds. The number of likely N-dealkylation sites (N-methyl/N-ethyl adjacent to an activating group) is 1. The van der Waals surface area contributed by atoms with Gasteiger partial charge < -0.3 is 19.7 Å². The van der Waals surface area contributed by atoms with Crippen LogP contribution in [0.4, 0.5) is 0 Å². The van der Waals surface area contributed by atoms with Crippen LogP contribution in [0, 0.1) is 0 Å². The van der Waals surface area contributed by atoms with Crippen molar-refractivity contribution in [2.24, 2.45) is 0 Å². The minimum Gasteiger partial charge on any atom is -0.497 e. The zero-order valence-corrected chi connectivity index (χ0v) is 17.8. The molecule has 0 aliphatic heterocycles. The van der Waals surface area contributed by atoms with E-state index in [2.05, 4.69) is 55.3 Å². The summed E-state index contributed by atoms with van der Waals surface area (Å²) in [5, 5.41) is 2.97. The maximum Gasteiger partial charge on any atom is 0.258 e. The van der Waals surface area contributed by atoms with Crippen molar-refractivity contribution < 1.29 is 14.3 Å². The van der Waals surface area contributed by atoms with Crippen molar-refractivity contribution >= 4 is 5.91 Å². The third-order valence-electron chi connectivity index (χ3n) is 4.71. The van der Waals surface area contributed by atoms with E-state index in [1.54, 1.807) is 31.4 Å². The van der Waals surface area contributed by atoms with Gasteiger partial charge in [-0.05, 0) is 54.9 Å². The van der Waals surface area contributed by atoms with E-state index < -0.39 is 0 Å². The van der Waals surface area contributed by atoms with E-state index in [4.69, 9.17) is 9.47 Å². The van der Waals surface area contributed by atoms with E-state index in [1.807, 2.05) is 14.1 Å². The lowest BCUT2D eigenvalue weighted by molar-refractivity contribution is -0.123. The van der Waals surface area contributed by atoms with Crippen LogP contribution in [0.3, 0.4) is 0 Å². The number of carbonyl (C=O) groups is 1. The average molecular weight is 385 g/mol. The molecule has 0 saturated carbocycles. The number of benzene rings is 2. The standard InChI is InChI=1S/C23H32N2O3/c1-23(2,3)18-9-7-17(8-10-18)21(25(4)5)15-24-22(26)16-28-20-13-11-19(27-6)12-14-20/h7-14,21H,15-16H2,1-6H3,(H,24,26)/t21-/m1/s1. The normalized spacial score (nSPS) is 12.5. The molecule has 28 heavy (non-hydrogen) atoms. The Morgan fingerprint density at radius 2 is 1.57 bits per heavy atom. The van der Waals surface area contributed by atoms with Crippen molar-refractivity contribution in [3.63, 3.8) is 0 Å². The number of amides is 1. The Kier molecular flexibility index (Phi) is 7.46. The molecule has 0 spiro atoms. The lowest BCUT2D eigenvalue weighted by Gasteiger charge is -2.26. The van der Waals surface area contributed by atoms with Gasteiger partial charge in [0.1, 0.15) is 11.5 Å². The molecular formula is C23H32N2O3. The molecule has 0 heterocycles. The van der Waals surface area contributed by atoms with Gasteiger partial charge in [0.25, 0.3) is 5.91 Å². The Morgan fingerprint density at radius 3 is 2.07 bits per heavy atom. The van der Waals surface area contributed by atoms with Crippen LogP contribution in [-0.2, 0) is 10.2 Å². The number of methoxy groups -OCH3 is 1. The number of ether oxygens (including phenoxy) is 2. The first-order valence-corrected chi connectivity index (χ1v) is 9.51. The van der Waals surface area contributed by atoms with Crippen LogP contribution in [-0.4, -0.2) is 45.2 Å². The smallest absolute Gasteiger partial charge is 0.258 e. The molecule has 0 saturated heterocycles. The molecule has 2 aromatic carbocycles. The summed E-state index contributed by atoms with van der Waals surface area (Å²) >= 11 is 0. The van der Waals surface area contributed by atoms with Crippen molar-refractivity contribution in [1.82, 2.24) is 10.2 Å². The Morgan fingerprint density at radius 1 is 1.00 bits per heavy atom. The molecule has 1 N–H and O–H groups in total. The summed E-state index contributed by atoms with van der Waals surface area (Å²) in [5.74, 6) is 1.25. The van der Waals surface area contributed by atoms with Crippen molar-refractivity contribution in [3.05, 3.63) is 59.7 Å². The number of nitrogens with zero attached hydrogens (tertiary/aromatic N) is 1. The van der Waals surface area contributed by atoms with Crippen molar-refractivity contribution in [1.29, 1.82) is 0 Å². The molecule has 5 heteroatoms. The molecule has 2 aromatic rings. The van der Waals surface area contributed by atoms with Crippen molar-refractivity contribution in [2.75, 3.05) is 34.4 Å². The van der Waals surface area contributed by atoms with Gasteiger partial charge in [0.15, 0.2) is 6.61 Å². The monoisotopic (exact) mass is 384 g/mol. The van der Waals surface area contributed by atoms with Gasteiger partial charge in [-0.15, -0.1) is 0 Å². The van der Waals surface area contributed by atoms with Crippen LogP contribution >= 0.6 is 0 Å². The highest BCUT2D eigenvalue weighted by Gasteiger charge is 2.18. The molecule has 152 valence electrons. The first-order valence-electron chi connectivity index (χ1n) is 9.51. The zero-order chi connectivity index (χ0) is 20.7. The van der Waals surface area contributed by atoms with E-state index >= 15 is 0 Å². The number of nitrogens with one attached hydrogen (secondary N) is 1. The molecule has 0 aliphatic carbocycles. The summed E-state index contributed by atoms with van der Waals surface area (Å²) in [6.45, 7) is 7.11. The second-order valence-corrected chi connectivity index (χ2v) is 8.12. The van der Waals surface area contributed by atoms with Gasteiger partial charge in [-0.3, -0.25) is 4.79 Å². The van der Waals surface area contributed by atoms with Gasteiger partial charge in [0, 0.05) is 6.54 Å². The maximum absolute atomic E-state index is 12.2. The Hall–Kier alpha value is -2.53. The molecule has 0 fully saturated rings. The molecule has 0 bridgehead atoms. The van der Waals surface area contributed by atoms with Gasteiger partial charge in [0.05, 0.1) is 13.2 Å². The second-order valence-electron chi connectivity index (χ2n) is 8.12. The number of carbonyl (C=O) groups excluding carboxylic acids is 1. The van der Waals surface area contributed by atoms with E-state index in [0.29, 0.717) is 12.3 Å². The lowest BCUT2D eigenvalue weighted by atomic mass is 9.86. The molecule has 2 rings (SSSR count). The van der Waals surface area contributed by atoms with Gasteiger partial charge >= 0.3 is 0 Å². The number of hydrogen-bond acceptors (Lipinski definition) is 4. The fraction of sp³-hybridized carbons (Fsp3) is 0.435. The lowest BCUT2D eigenvalue weighted by Crippen LogP contribution is -2.36. The minimum absolute atomic E-state index is 0.0184. The number of rotatable bonds is 8. The SMILES string of the molecule is COc1ccc(OCC(=O)NC[C@H](c2ccc(C(C)(C)C)cc2)N(C)C)cc1. The maximum atomic E-state index is 12.2. The summed E-state index contributed by atoms with van der Waals surface area (Å²) in [7, 11) is 5.64. The summed E-state index contributed by atoms with van der Waals surface area (Å²) in [6, 6.07) is 15.9. The third kappa shape index (κ3) is 6.27.